The summed E-state index contributed by atoms with van der Waals surface area (Å²) in [5.74, 6) is -0.364. The van der Waals surface area contributed by atoms with Gasteiger partial charge in [-0.05, 0) is 43.9 Å². The number of carbonyl (C=O) groups is 1. The smallest absolute Gasteiger partial charge is 0.336 e. The number of carboxylic acids is 1. The van der Waals surface area contributed by atoms with Gasteiger partial charge < -0.3 is 5.11 Å². The molecule has 1 aliphatic carbocycles. The molecule has 3 aromatic heterocycles. The Balaban J connectivity index is 1.94. The van der Waals surface area contributed by atoms with E-state index < -0.39 is 5.97 Å². The molecule has 0 spiro atoms. The molecule has 3 aromatic rings. The molecule has 23 heavy (non-hydrogen) atoms. The van der Waals surface area contributed by atoms with Crippen LogP contribution in [-0.4, -0.2) is 30.8 Å². The quantitative estimate of drug-likeness (QED) is 0.800. The van der Waals surface area contributed by atoms with Gasteiger partial charge in [-0.25, -0.2) is 14.5 Å². The van der Waals surface area contributed by atoms with E-state index in [0.717, 1.165) is 5.56 Å². The van der Waals surface area contributed by atoms with E-state index in [1.54, 1.807) is 24.7 Å². The molecule has 0 amide bonds. The first-order chi connectivity index (χ1) is 11.1. The molecule has 6 heteroatoms. The lowest BCUT2D eigenvalue weighted by atomic mass is 10.1. The molecule has 0 saturated heterocycles. The maximum Gasteiger partial charge on any atom is 0.336 e. The first kappa shape index (κ1) is 13.9. The molecule has 0 aromatic carbocycles. The summed E-state index contributed by atoms with van der Waals surface area (Å²) in [6, 6.07) is 5.50. The van der Waals surface area contributed by atoms with Crippen LogP contribution in [0.4, 0.5) is 0 Å². The molecular weight excluding hydrogens is 292 g/mol. The number of nitrogens with zero attached hydrogens (tertiary/aromatic N) is 4. The molecule has 116 valence electrons. The number of fused-ring (bicyclic) bond motifs is 1. The highest BCUT2D eigenvalue weighted by molar-refractivity contribution is 6.02. The fourth-order valence-corrected chi connectivity index (χ4v) is 2.93. The highest BCUT2D eigenvalue weighted by Crippen LogP contribution is 2.40. The van der Waals surface area contributed by atoms with Crippen molar-refractivity contribution < 1.29 is 9.90 Å². The van der Waals surface area contributed by atoms with Gasteiger partial charge in [-0.15, -0.1) is 0 Å². The van der Waals surface area contributed by atoms with Gasteiger partial charge >= 0.3 is 5.97 Å². The molecule has 1 aliphatic rings. The molecule has 1 fully saturated rings. The number of carboxylic acid groups (broad SMARTS) is 1. The highest BCUT2D eigenvalue weighted by atomic mass is 16.4. The summed E-state index contributed by atoms with van der Waals surface area (Å²) in [5.41, 5.74) is 2.25. The van der Waals surface area contributed by atoms with Gasteiger partial charge in [0.15, 0.2) is 5.65 Å². The van der Waals surface area contributed by atoms with E-state index in [4.69, 9.17) is 0 Å². The van der Waals surface area contributed by atoms with Crippen molar-refractivity contribution in [3.05, 3.63) is 42.4 Å². The zero-order valence-corrected chi connectivity index (χ0v) is 12.7. The standard InChI is InChI=1S/C17H16N4O2/c1-10(11-4-5-11)21-16-14(9-19-21)13(17(22)23)7-15(20-16)12-3-2-6-18-8-12/h2-3,6-11H,4-5H2,1H3,(H,22,23)/t10-/m0/s1. The van der Waals surface area contributed by atoms with Crippen molar-refractivity contribution in [2.75, 3.05) is 0 Å². The van der Waals surface area contributed by atoms with E-state index in [1.807, 2.05) is 16.8 Å². The van der Waals surface area contributed by atoms with Crippen LogP contribution < -0.4 is 0 Å². The zero-order valence-electron chi connectivity index (χ0n) is 12.7. The van der Waals surface area contributed by atoms with Crippen molar-refractivity contribution in [1.29, 1.82) is 0 Å². The topological polar surface area (TPSA) is 80.9 Å². The summed E-state index contributed by atoms with van der Waals surface area (Å²) >= 11 is 0. The van der Waals surface area contributed by atoms with Crippen molar-refractivity contribution >= 4 is 17.0 Å². The third-order valence-corrected chi connectivity index (χ3v) is 4.44. The Morgan fingerprint density at radius 1 is 1.39 bits per heavy atom. The van der Waals surface area contributed by atoms with Crippen molar-refractivity contribution in [2.24, 2.45) is 5.92 Å². The number of aromatic nitrogens is 4. The van der Waals surface area contributed by atoms with Crippen LogP contribution in [0.15, 0.2) is 36.8 Å². The summed E-state index contributed by atoms with van der Waals surface area (Å²) in [4.78, 5) is 20.4. The fourth-order valence-electron chi connectivity index (χ4n) is 2.93. The van der Waals surface area contributed by atoms with Crippen molar-refractivity contribution in [2.45, 2.75) is 25.8 Å². The summed E-state index contributed by atoms with van der Waals surface area (Å²) in [5, 5.41) is 14.5. The Hall–Kier alpha value is -2.76. The van der Waals surface area contributed by atoms with Gasteiger partial charge in [0.2, 0.25) is 0 Å². The minimum Gasteiger partial charge on any atom is -0.478 e. The van der Waals surface area contributed by atoms with E-state index >= 15 is 0 Å². The molecule has 0 radical (unpaired) electrons. The molecule has 3 heterocycles. The second kappa shape index (κ2) is 5.15. The number of pyridine rings is 2. The van der Waals surface area contributed by atoms with Crippen molar-refractivity contribution in [3.8, 4) is 11.3 Å². The maximum absolute atomic E-state index is 11.6. The first-order valence-corrected chi connectivity index (χ1v) is 7.67. The molecule has 1 saturated carbocycles. The van der Waals surface area contributed by atoms with E-state index in [0.29, 0.717) is 22.6 Å². The van der Waals surface area contributed by atoms with Gasteiger partial charge in [-0.3, -0.25) is 4.98 Å². The third-order valence-electron chi connectivity index (χ3n) is 4.44. The molecular formula is C17H16N4O2. The lowest BCUT2D eigenvalue weighted by Crippen LogP contribution is -2.10. The number of hydrogen-bond acceptors (Lipinski definition) is 4. The van der Waals surface area contributed by atoms with Gasteiger partial charge in [-0.2, -0.15) is 5.10 Å². The summed E-state index contributed by atoms with van der Waals surface area (Å²) in [6.07, 6.45) is 7.36. The molecule has 0 bridgehead atoms. The minimum atomic E-state index is -0.971. The van der Waals surface area contributed by atoms with Gasteiger partial charge in [-0.1, -0.05) is 0 Å². The molecule has 4 rings (SSSR count). The Bertz CT molecular complexity index is 884. The summed E-state index contributed by atoms with van der Waals surface area (Å²) in [7, 11) is 0. The summed E-state index contributed by atoms with van der Waals surface area (Å²) < 4.78 is 1.86. The predicted octanol–water partition coefficient (Wildman–Crippen LogP) is 3.16. The largest absolute Gasteiger partial charge is 0.478 e. The average Bonchev–Trinajstić information content (AvgIpc) is 3.33. The van der Waals surface area contributed by atoms with Crippen LogP contribution in [-0.2, 0) is 0 Å². The predicted molar refractivity (Wildman–Crippen MR) is 85.2 cm³/mol. The highest BCUT2D eigenvalue weighted by Gasteiger charge is 2.31. The lowest BCUT2D eigenvalue weighted by molar-refractivity contribution is 0.0699. The van der Waals surface area contributed by atoms with E-state index in [-0.39, 0.29) is 11.6 Å². The first-order valence-electron chi connectivity index (χ1n) is 7.67. The zero-order chi connectivity index (χ0) is 16.0. The Kier molecular flexibility index (Phi) is 3.11. The summed E-state index contributed by atoms with van der Waals surface area (Å²) in [6.45, 7) is 2.11. The Morgan fingerprint density at radius 3 is 2.87 bits per heavy atom. The second-order valence-electron chi connectivity index (χ2n) is 6.01. The molecule has 1 atom stereocenters. The van der Waals surface area contributed by atoms with Crippen molar-refractivity contribution in [1.82, 2.24) is 19.7 Å². The van der Waals surface area contributed by atoms with Crippen LogP contribution in [0.25, 0.3) is 22.3 Å². The van der Waals surface area contributed by atoms with Crippen LogP contribution in [0, 0.1) is 5.92 Å². The third kappa shape index (κ3) is 2.36. The van der Waals surface area contributed by atoms with Gasteiger partial charge in [0.05, 0.1) is 28.9 Å². The Morgan fingerprint density at radius 2 is 2.22 bits per heavy atom. The average molecular weight is 308 g/mol. The molecule has 1 N–H and O–H groups in total. The number of aromatic carboxylic acids is 1. The monoisotopic (exact) mass is 308 g/mol. The van der Waals surface area contributed by atoms with Crippen LogP contribution in [0.5, 0.6) is 0 Å². The minimum absolute atomic E-state index is 0.225. The molecule has 0 aliphatic heterocycles. The van der Waals surface area contributed by atoms with Crippen LogP contribution >= 0.6 is 0 Å². The lowest BCUT2D eigenvalue weighted by Gasteiger charge is -2.12. The van der Waals surface area contributed by atoms with Crippen LogP contribution in [0.3, 0.4) is 0 Å². The van der Waals surface area contributed by atoms with E-state index in [9.17, 15) is 9.90 Å². The molecule has 6 nitrogen and oxygen atoms in total. The van der Waals surface area contributed by atoms with Crippen molar-refractivity contribution in [3.63, 3.8) is 0 Å². The SMILES string of the molecule is C[C@@H](C1CC1)n1ncc2c(C(=O)O)cc(-c3cccnc3)nc21. The maximum atomic E-state index is 11.6. The van der Waals surface area contributed by atoms with Gasteiger partial charge in [0.25, 0.3) is 0 Å². The Labute approximate surface area is 132 Å². The fraction of sp³-hybridized carbons (Fsp3) is 0.294. The van der Waals surface area contributed by atoms with Gasteiger partial charge in [0.1, 0.15) is 0 Å². The van der Waals surface area contributed by atoms with Gasteiger partial charge in [0, 0.05) is 18.0 Å². The normalized spacial score (nSPS) is 15.7. The van der Waals surface area contributed by atoms with Crippen LogP contribution in [0.2, 0.25) is 0 Å². The second-order valence-corrected chi connectivity index (χ2v) is 6.01. The number of rotatable bonds is 4. The number of hydrogen-bond donors (Lipinski definition) is 1. The van der Waals surface area contributed by atoms with E-state index in [1.165, 1.54) is 12.8 Å². The van der Waals surface area contributed by atoms with Crippen LogP contribution in [0.1, 0.15) is 36.2 Å². The van der Waals surface area contributed by atoms with E-state index in [2.05, 4.69) is 22.0 Å². The molecule has 0 unspecified atom stereocenters.